The highest BCUT2D eigenvalue weighted by Gasteiger charge is 2.44. The van der Waals surface area contributed by atoms with E-state index in [0.717, 1.165) is 5.56 Å². The van der Waals surface area contributed by atoms with Gasteiger partial charge >= 0.3 is 0 Å². The van der Waals surface area contributed by atoms with Gasteiger partial charge in [0.05, 0.1) is 11.6 Å². The molecule has 5 nitrogen and oxygen atoms in total. The number of halogens is 1. The maximum absolute atomic E-state index is 13.1. The van der Waals surface area contributed by atoms with Crippen LogP contribution in [0.15, 0.2) is 54.2 Å². The average Bonchev–Trinajstić information content (AvgIpc) is 2.66. The number of rotatable bonds is 3. The molecule has 0 spiro atoms. The Bertz CT molecular complexity index is 976. The van der Waals surface area contributed by atoms with E-state index in [-0.39, 0.29) is 23.8 Å². The Hall–Kier alpha value is -3.46. The lowest BCUT2D eigenvalue weighted by molar-refractivity contribution is -0.143. The van der Waals surface area contributed by atoms with Gasteiger partial charge in [0.1, 0.15) is 17.1 Å². The van der Waals surface area contributed by atoms with Crippen molar-refractivity contribution < 1.29 is 14.0 Å². The predicted octanol–water partition coefficient (Wildman–Crippen LogP) is 2.63. The smallest absolute Gasteiger partial charge is 0.268 e. The van der Waals surface area contributed by atoms with Gasteiger partial charge in [-0.3, -0.25) is 9.59 Å². The summed E-state index contributed by atoms with van der Waals surface area (Å²) in [5.41, 5.74) is 0.739. The second kappa shape index (κ2) is 7.04. The number of hydrogen-bond donors (Lipinski definition) is 1. The molecule has 27 heavy (non-hydrogen) atoms. The predicted molar refractivity (Wildman–Crippen MR) is 98.6 cm³/mol. The summed E-state index contributed by atoms with van der Waals surface area (Å²) in [6, 6.07) is 14.7. The standard InChI is InChI=1S/C21H18FN3O2/c1-21(12-14-7-9-17(22)10-8-14)20(27)25(2)18(19(26)24-21)11-15-5-3-4-6-16(15)13-23/h3-11H,12H2,1-2H3,(H,24,26)/b18-11+. The summed E-state index contributed by atoms with van der Waals surface area (Å²) in [6.45, 7) is 1.65. The molecule has 1 heterocycles. The molecular weight excluding hydrogens is 345 g/mol. The van der Waals surface area contributed by atoms with Gasteiger partial charge in [-0.05, 0) is 42.3 Å². The van der Waals surface area contributed by atoms with Crippen LogP contribution in [-0.4, -0.2) is 29.3 Å². The van der Waals surface area contributed by atoms with Gasteiger partial charge < -0.3 is 10.2 Å². The van der Waals surface area contributed by atoms with Gasteiger partial charge in [0, 0.05) is 13.5 Å². The summed E-state index contributed by atoms with van der Waals surface area (Å²) in [5, 5.41) is 12.0. The lowest BCUT2D eigenvalue weighted by atomic mass is 9.88. The Balaban J connectivity index is 1.91. The van der Waals surface area contributed by atoms with Crippen molar-refractivity contribution in [2.45, 2.75) is 18.9 Å². The Kier molecular flexibility index (Phi) is 4.78. The minimum Gasteiger partial charge on any atom is -0.336 e. The normalized spacial score (nSPS) is 21.1. The largest absolute Gasteiger partial charge is 0.336 e. The van der Waals surface area contributed by atoms with Gasteiger partial charge in [0.2, 0.25) is 0 Å². The Morgan fingerprint density at radius 1 is 1.19 bits per heavy atom. The molecule has 0 bridgehead atoms. The maximum atomic E-state index is 13.1. The van der Waals surface area contributed by atoms with Crippen LogP contribution in [0.5, 0.6) is 0 Å². The Morgan fingerprint density at radius 2 is 1.85 bits per heavy atom. The summed E-state index contributed by atoms with van der Waals surface area (Å²) >= 11 is 0. The molecule has 1 saturated heterocycles. The van der Waals surface area contributed by atoms with E-state index in [1.165, 1.54) is 30.2 Å². The van der Waals surface area contributed by atoms with E-state index in [0.29, 0.717) is 11.1 Å². The molecule has 1 fully saturated rings. The van der Waals surface area contributed by atoms with Crippen LogP contribution in [-0.2, 0) is 16.0 Å². The number of nitriles is 1. The van der Waals surface area contributed by atoms with E-state index in [1.54, 1.807) is 43.3 Å². The fourth-order valence-corrected chi connectivity index (χ4v) is 3.16. The molecule has 0 aliphatic carbocycles. The first-order chi connectivity index (χ1) is 12.8. The number of carbonyl (C=O) groups is 2. The fraction of sp³-hybridized carbons (Fsp3) is 0.190. The number of likely N-dealkylation sites (N-methyl/N-ethyl adjacent to an activating group) is 1. The molecule has 1 N–H and O–H groups in total. The van der Waals surface area contributed by atoms with Crippen molar-refractivity contribution in [3.63, 3.8) is 0 Å². The summed E-state index contributed by atoms with van der Waals surface area (Å²) in [5.74, 6) is -1.05. The minimum atomic E-state index is -1.14. The van der Waals surface area contributed by atoms with Crippen LogP contribution in [0.2, 0.25) is 0 Å². The van der Waals surface area contributed by atoms with Crippen LogP contribution in [0.1, 0.15) is 23.6 Å². The first-order valence-corrected chi connectivity index (χ1v) is 8.40. The summed E-state index contributed by atoms with van der Waals surface area (Å²) in [4.78, 5) is 27.0. The van der Waals surface area contributed by atoms with Crippen molar-refractivity contribution >= 4 is 17.9 Å². The monoisotopic (exact) mass is 363 g/mol. The van der Waals surface area contributed by atoms with Crippen molar-refractivity contribution in [2.75, 3.05) is 7.05 Å². The molecular formula is C21H18FN3O2. The highest BCUT2D eigenvalue weighted by molar-refractivity contribution is 6.09. The Morgan fingerprint density at radius 3 is 2.52 bits per heavy atom. The first kappa shape index (κ1) is 18.3. The number of hydrogen-bond acceptors (Lipinski definition) is 3. The van der Waals surface area contributed by atoms with Gasteiger partial charge in [-0.2, -0.15) is 5.26 Å². The number of piperazine rings is 1. The molecule has 1 unspecified atom stereocenters. The summed E-state index contributed by atoms with van der Waals surface area (Å²) < 4.78 is 13.1. The highest BCUT2D eigenvalue weighted by atomic mass is 19.1. The third-order valence-electron chi connectivity index (χ3n) is 4.60. The molecule has 1 aliphatic rings. The maximum Gasteiger partial charge on any atom is 0.268 e. The van der Waals surface area contributed by atoms with Crippen LogP contribution in [0, 0.1) is 17.1 Å². The second-order valence-electron chi connectivity index (χ2n) is 6.68. The molecule has 0 saturated carbocycles. The molecule has 1 atom stereocenters. The van der Waals surface area contributed by atoms with E-state index in [2.05, 4.69) is 11.4 Å². The van der Waals surface area contributed by atoms with E-state index in [9.17, 15) is 19.2 Å². The van der Waals surface area contributed by atoms with Crippen molar-refractivity contribution in [1.82, 2.24) is 10.2 Å². The van der Waals surface area contributed by atoms with E-state index >= 15 is 0 Å². The summed E-state index contributed by atoms with van der Waals surface area (Å²) in [7, 11) is 1.53. The van der Waals surface area contributed by atoms with Gasteiger partial charge in [-0.1, -0.05) is 30.3 Å². The molecule has 0 radical (unpaired) electrons. The molecule has 2 aromatic rings. The van der Waals surface area contributed by atoms with Crippen LogP contribution in [0.3, 0.4) is 0 Å². The van der Waals surface area contributed by atoms with Crippen molar-refractivity contribution in [3.8, 4) is 6.07 Å². The quantitative estimate of drug-likeness (QED) is 0.852. The van der Waals surface area contributed by atoms with Crippen LogP contribution >= 0.6 is 0 Å². The molecule has 2 aromatic carbocycles. The van der Waals surface area contributed by atoms with Gasteiger partial charge in [-0.25, -0.2) is 4.39 Å². The zero-order chi connectivity index (χ0) is 19.6. The number of benzene rings is 2. The van der Waals surface area contributed by atoms with Crippen molar-refractivity contribution in [1.29, 1.82) is 5.26 Å². The molecule has 2 amide bonds. The van der Waals surface area contributed by atoms with Gasteiger partial charge in [0.25, 0.3) is 11.8 Å². The number of carbonyl (C=O) groups excluding carboxylic acids is 2. The van der Waals surface area contributed by atoms with E-state index in [4.69, 9.17) is 0 Å². The number of amides is 2. The number of nitrogens with zero attached hydrogens (tertiary/aromatic N) is 2. The molecule has 0 aromatic heterocycles. The van der Waals surface area contributed by atoms with Gasteiger partial charge in [0.15, 0.2) is 0 Å². The van der Waals surface area contributed by atoms with E-state index in [1.807, 2.05) is 0 Å². The fourth-order valence-electron chi connectivity index (χ4n) is 3.16. The third kappa shape index (κ3) is 3.58. The zero-order valence-corrected chi connectivity index (χ0v) is 15.0. The van der Waals surface area contributed by atoms with Crippen molar-refractivity contribution in [3.05, 3.63) is 76.7 Å². The van der Waals surface area contributed by atoms with Crippen LogP contribution in [0.4, 0.5) is 4.39 Å². The molecule has 1 aliphatic heterocycles. The Labute approximate surface area is 156 Å². The van der Waals surface area contributed by atoms with Crippen LogP contribution in [0.25, 0.3) is 6.08 Å². The third-order valence-corrected chi connectivity index (χ3v) is 4.60. The minimum absolute atomic E-state index is 0.166. The number of nitrogens with one attached hydrogen (secondary N) is 1. The molecule has 3 rings (SSSR count). The van der Waals surface area contributed by atoms with Crippen molar-refractivity contribution in [2.24, 2.45) is 0 Å². The average molecular weight is 363 g/mol. The van der Waals surface area contributed by atoms with Crippen LogP contribution < -0.4 is 5.32 Å². The first-order valence-electron chi connectivity index (χ1n) is 8.40. The topological polar surface area (TPSA) is 73.2 Å². The summed E-state index contributed by atoms with van der Waals surface area (Å²) in [6.07, 6.45) is 1.77. The molecule has 6 heteroatoms. The van der Waals surface area contributed by atoms with E-state index < -0.39 is 11.4 Å². The highest BCUT2D eigenvalue weighted by Crippen LogP contribution is 2.25. The SMILES string of the molecule is CN1C(=O)C(C)(Cc2ccc(F)cc2)NC(=O)/C1=C\c1ccccc1C#N. The molecule has 136 valence electrons. The lowest BCUT2D eigenvalue weighted by Crippen LogP contribution is -2.64. The lowest BCUT2D eigenvalue weighted by Gasteiger charge is -2.39. The zero-order valence-electron chi connectivity index (χ0n) is 15.0. The van der Waals surface area contributed by atoms with Gasteiger partial charge in [-0.15, -0.1) is 0 Å². The second-order valence-corrected chi connectivity index (χ2v) is 6.68.